The van der Waals surface area contributed by atoms with E-state index in [1.165, 1.54) is 113 Å². The van der Waals surface area contributed by atoms with Gasteiger partial charge in [-0.05, 0) is 218 Å². The van der Waals surface area contributed by atoms with Crippen LogP contribution < -0.4 is 21.3 Å². The van der Waals surface area contributed by atoms with Gasteiger partial charge in [-0.1, -0.05) is 94.0 Å². The number of halogens is 11. The van der Waals surface area contributed by atoms with Gasteiger partial charge < -0.3 is 23.0 Å². The topological polar surface area (TPSA) is 417 Å². The van der Waals surface area contributed by atoms with Crippen molar-refractivity contribution in [3.63, 3.8) is 0 Å². The molecule has 0 saturated carbocycles. The van der Waals surface area contributed by atoms with Crippen LogP contribution in [0.1, 0.15) is 135 Å². The van der Waals surface area contributed by atoms with E-state index in [4.69, 9.17) is 17.7 Å². The van der Waals surface area contributed by atoms with Gasteiger partial charge in [0.1, 0.15) is 27.1 Å². The highest BCUT2D eigenvalue weighted by Crippen LogP contribution is 2.39. The number of hydrogen-bond acceptors (Lipinski definition) is 26. The number of benzene rings is 6. The number of amides is 3. The van der Waals surface area contributed by atoms with Crippen molar-refractivity contribution in [3.05, 3.63) is 214 Å². The second-order valence-corrected chi connectivity index (χ2v) is 42.7. The Hall–Kier alpha value is -12.2. The van der Waals surface area contributed by atoms with Gasteiger partial charge in [-0.2, -0.15) is 56.7 Å². The quantitative estimate of drug-likeness (QED) is 0.0515. The summed E-state index contributed by atoms with van der Waals surface area (Å²) >= 11 is 1.39. The second kappa shape index (κ2) is 41.4. The molecule has 0 radical (unpaired) electrons. The average Bonchev–Trinajstić information content (AvgIpc) is 1.75. The van der Waals surface area contributed by atoms with E-state index in [2.05, 4.69) is 67.0 Å². The van der Waals surface area contributed by atoms with Crippen LogP contribution in [-0.4, -0.2) is 167 Å². The van der Waals surface area contributed by atoms with Gasteiger partial charge in [0.2, 0.25) is 57.8 Å². The molecule has 4 saturated heterocycles. The molecule has 10 heterocycles. The number of carbonyl (C=O) groups excluding carboxylic acids is 3. The number of aromatic nitrogens is 9. The van der Waals surface area contributed by atoms with Crippen LogP contribution in [-0.2, 0) is 58.6 Å². The minimum atomic E-state index is -4.47. The smallest absolute Gasteiger partial charge is 0.403 e. The van der Waals surface area contributed by atoms with Gasteiger partial charge in [-0.25, -0.2) is 47.4 Å². The van der Waals surface area contributed by atoms with Gasteiger partial charge in [-0.15, -0.1) is 31.7 Å². The normalized spacial score (nSPS) is 19.6. The number of nitrogens with zero attached hydrogens (tertiary/aromatic N) is 13. The lowest BCUT2D eigenvalue weighted by molar-refractivity contribution is -0.138. The molecule has 724 valence electrons. The maximum Gasteiger partial charge on any atom is 0.416 e. The fourth-order valence-electron chi connectivity index (χ4n) is 16.1. The first-order valence-electron chi connectivity index (χ1n) is 42.2. The predicted molar refractivity (Wildman–Crippen MR) is 474 cm³/mol. The van der Waals surface area contributed by atoms with Crippen molar-refractivity contribution in [2.45, 2.75) is 126 Å². The number of piperidine rings is 4. The van der Waals surface area contributed by atoms with E-state index in [9.17, 15) is 96.3 Å². The largest absolute Gasteiger partial charge is 0.416 e. The number of carbonyl (C=O) groups is 3. The maximum atomic E-state index is 14.7. The highest BCUT2D eigenvalue weighted by Gasteiger charge is 2.40. The maximum absolute atomic E-state index is 14.7. The lowest BCUT2D eigenvalue weighted by atomic mass is 9.94. The van der Waals surface area contributed by atoms with Crippen LogP contribution in [0.2, 0.25) is 0 Å². The second-order valence-electron chi connectivity index (χ2n) is 34.1. The number of rotatable bonds is 20. The van der Waals surface area contributed by atoms with Crippen LogP contribution in [0, 0.1) is 65.9 Å². The van der Waals surface area contributed by atoms with Gasteiger partial charge in [0.25, 0.3) is 23.6 Å². The van der Waals surface area contributed by atoms with Gasteiger partial charge >= 0.3 is 42.6 Å². The lowest BCUT2D eigenvalue weighted by Crippen LogP contribution is -2.42. The molecular weight excluding hydrogens is 1900 g/mol. The molecule has 48 heteroatoms. The van der Waals surface area contributed by atoms with Crippen LogP contribution in [0.5, 0.6) is 0 Å². The molecular formula is C88H90F11N17O15S5. The minimum absolute atomic E-state index is 0.00224. The van der Waals surface area contributed by atoms with E-state index in [1.807, 2.05) is 66.8 Å². The van der Waals surface area contributed by atoms with Crippen molar-refractivity contribution in [3.8, 4) is 45.1 Å². The third-order valence-corrected chi connectivity index (χ3v) is 30.4. The molecule has 3 amide bonds. The molecule has 12 aromatic rings. The lowest BCUT2D eigenvalue weighted by Gasteiger charge is -2.34. The third-order valence-electron chi connectivity index (χ3n) is 22.1. The number of aryl methyl sites for hydroxylation is 1. The van der Waals surface area contributed by atoms with Gasteiger partial charge in [0.05, 0.1) is 37.0 Å². The number of thiophene rings is 1. The highest BCUT2D eigenvalue weighted by atomic mass is 32.2. The Balaban J connectivity index is 0.000000154. The van der Waals surface area contributed by atoms with Gasteiger partial charge in [0.15, 0.2) is 0 Å². The van der Waals surface area contributed by atoms with Crippen molar-refractivity contribution in [1.82, 2.24) is 63.0 Å². The molecule has 4 aliphatic rings. The molecule has 0 spiro atoms. The fraction of sp³-hybridized carbons (Fsp3) is 0.364. The fourth-order valence-corrected chi connectivity index (χ4v) is 23.7. The van der Waals surface area contributed by atoms with Crippen molar-refractivity contribution >= 4 is 98.9 Å². The molecule has 4 N–H and O–H groups in total. The Morgan fingerprint density at radius 3 is 1.13 bits per heavy atom. The Kier molecular flexibility index (Phi) is 30.8. The van der Waals surface area contributed by atoms with Gasteiger partial charge in [-0.3, -0.25) is 30.3 Å². The first kappa shape index (κ1) is 101. The third kappa shape index (κ3) is 24.8. The van der Waals surface area contributed by atoms with E-state index < -0.39 is 110 Å². The summed E-state index contributed by atoms with van der Waals surface area (Å²) in [5.74, 6) is -2.39. The summed E-state index contributed by atoms with van der Waals surface area (Å²) in [4.78, 5) is 42.0. The van der Waals surface area contributed by atoms with E-state index in [0.717, 1.165) is 79.2 Å². The van der Waals surface area contributed by atoms with Crippen LogP contribution in [0.4, 0.5) is 78.0 Å². The highest BCUT2D eigenvalue weighted by molar-refractivity contribution is 7.90. The van der Waals surface area contributed by atoms with Crippen molar-refractivity contribution < 1.29 is 114 Å². The molecule has 4 fully saturated rings. The monoisotopic (exact) mass is 1990 g/mol. The van der Waals surface area contributed by atoms with Crippen molar-refractivity contribution in [1.29, 1.82) is 0 Å². The number of hydrogen-bond donors (Lipinski definition) is 4. The summed E-state index contributed by atoms with van der Waals surface area (Å²) in [6.45, 7) is 20.7. The zero-order valence-corrected chi connectivity index (χ0v) is 77.9. The SMILES string of the molecule is C[C@@H]1C[C@H](C)CN(S(=O)(=O)c2cc(F)c(Nc3nnc(-c4cccs4)o3)cc2F)C1.C[C@@H]1C[C@H](C)CN(S(=O)(=O)c2ccc(C(=O)Nc3nnc(-c4ccc(C(F)(F)F)cc4)o3)nc2)C1.C[C@@H]1C[C@H](C)CN(S(=O)(=O)c2cccc(C(=O)Nc3nnc(-c4ccc(C(F)(F)F)cc4)o3)c2)C1.Cc1ccc(C(=O)Nc2nnc(-c3ccc(C(F)(F)F)cc3)o2)cc1S(=O)(=O)N1C[C@H](C)C[C@H](C)C1. The Morgan fingerprint density at radius 2 is 0.743 bits per heavy atom. The van der Waals surface area contributed by atoms with E-state index in [1.54, 1.807) is 19.1 Å². The number of anilines is 5. The summed E-state index contributed by atoms with van der Waals surface area (Å²) in [7, 11) is -15.5. The molecule has 8 atom stereocenters. The zero-order chi connectivity index (χ0) is 98.5. The molecule has 0 aliphatic carbocycles. The Labute approximate surface area is 777 Å². The number of sulfonamides is 4. The van der Waals surface area contributed by atoms with Crippen LogP contribution in [0.25, 0.3) is 45.1 Å². The summed E-state index contributed by atoms with van der Waals surface area (Å²) in [6.07, 6.45) is -8.55. The van der Waals surface area contributed by atoms with Gasteiger partial charge in [0, 0.05) is 92.4 Å². The summed E-state index contributed by atoms with van der Waals surface area (Å²) < 4.78 is 276. The molecule has 0 unspecified atom stereocenters. The Morgan fingerprint density at radius 1 is 0.375 bits per heavy atom. The summed E-state index contributed by atoms with van der Waals surface area (Å²) in [5, 5.41) is 41.4. The molecule has 16 rings (SSSR count). The number of pyridine rings is 1. The summed E-state index contributed by atoms with van der Waals surface area (Å²) in [5.41, 5.74) is -1.48. The first-order chi connectivity index (χ1) is 63.9. The molecule has 0 bridgehead atoms. The molecule has 136 heavy (non-hydrogen) atoms. The van der Waals surface area contributed by atoms with E-state index >= 15 is 0 Å². The van der Waals surface area contributed by atoms with E-state index in [-0.39, 0.29) is 162 Å². The van der Waals surface area contributed by atoms with E-state index in [0.29, 0.717) is 50.9 Å². The molecule has 6 aromatic carbocycles. The Bertz CT molecular complexity index is 6720. The van der Waals surface area contributed by atoms with Crippen molar-refractivity contribution in [2.24, 2.45) is 47.3 Å². The molecule has 4 aliphatic heterocycles. The van der Waals surface area contributed by atoms with Crippen LogP contribution in [0.3, 0.4) is 0 Å². The predicted octanol–water partition coefficient (Wildman–Crippen LogP) is 18.2. The first-order valence-corrected chi connectivity index (χ1v) is 48.9. The average molecular weight is 2000 g/mol. The van der Waals surface area contributed by atoms with Crippen LogP contribution in [0.15, 0.2) is 200 Å². The van der Waals surface area contributed by atoms with Crippen molar-refractivity contribution in [2.75, 3.05) is 73.6 Å². The standard InChI is InChI=1S/C24H25F3N4O4S.C23H23F3N4O4S.C22H22F3N5O4S.C19H20F2N4O3S2/c1-14-10-15(2)13-31(12-14)36(33,34)20-11-18(5-4-16(20)3)21(32)28-23-30-29-22(35-23)17-6-8-19(9-7-17)24(25,26)27;1-14-10-15(2)13-30(12-14)35(32,33)19-5-3-4-17(11-19)20(31)27-22-29-28-21(34-22)16-6-8-18(9-7-16)23(24,25)26;1-13-9-14(2)12-30(11-13)35(32,33)17-7-8-18(26-10-17)19(31)27-21-29-28-20(34-21)15-3-5-16(6-4-15)22(23,24)25;1-11-6-12(2)10-25(9-11)30(26,27)17-8-13(20)15(7-14(17)21)22-19-24-23-18(28-19)16-4-3-5-29-16/h4-9,11,14-15H,10,12-13H2,1-3H3,(H,28,30,32);3-9,11,14-15H,10,12-13H2,1-2H3,(H,27,29,31);3-8,10,13-14H,9,11-12H2,1-2H3,(H,27,29,31);3-5,7-8,11-12H,6,9-10H2,1-2H3,(H,22,24)/t2*14-,15+;13-,14+;11-,12+. The summed E-state index contributed by atoms with van der Waals surface area (Å²) in [6, 6.07) is 29.0. The number of nitrogens with one attached hydrogen (secondary N) is 4. The minimum Gasteiger partial charge on any atom is -0.403 e. The zero-order valence-electron chi connectivity index (χ0n) is 73.8. The molecule has 32 nitrogen and oxygen atoms in total. The van der Waals surface area contributed by atoms with Crippen LogP contribution >= 0.6 is 11.3 Å². The molecule has 6 aromatic heterocycles. The number of alkyl halides is 9.